The standard InChI is InChI=1S/C22H28N2O3S/c1-16-8-6-7-11-19(16)22-24-20(17(2)27-22)14-28(26)15-21(25)23-13-12-18-9-4-3-5-10-18/h6-9,11H,3-5,10,12-15H2,1-2H3,(H,23,25)/t28-/m1/s1. The van der Waals surface area contributed by atoms with Crippen LogP contribution in [0.15, 0.2) is 40.3 Å². The quantitative estimate of drug-likeness (QED) is 0.674. The highest BCUT2D eigenvalue weighted by atomic mass is 32.2. The molecule has 1 aromatic carbocycles. The number of allylic oxidation sites excluding steroid dienone is 1. The van der Waals surface area contributed by atoms with Gasteiger partial charge in [0.2, 0.25) is 11.8 Å². The van der Waals surface area contributed by atoms with E-state index < -0.39 is 10.8 Å². The summed E-state index contributed by atoms with van der Waals surface area (Å²) >= 11 is 0. The Morgan fingerprint density at radius 2 is 2.07 bits per heavy atom. The van der Waals surface area contributed by atoms with Crippen LogP contribution < -0.4 is 5.32 Å². The zero-order chi connectivity index (χ0) is 19.9. The Morgan fingerprint density at radius 3 is 2.82 bits per heavy atom. The molecule has 28 heavy (non-hydrogen) atoms. The molecule has 0 saturated heterocycles. The van der Waals surface area contributed by atoms with E-state index in [1.807, 2.05) is 38.1 Å². The fourth-order valence-electron chi connectivity index (χ4n) is 3.38. The van der Waals surface area contributed by atoms with Gasteiger partial charge >= 0.3 is 0 Å². The molecular weight excluding hydrogens is 372 g/mol. The van der Waals surface area contributed by atoms with Gasteiger partial charge in [0.15, 0.2) is 0 Å². The Hall–Kier alpha value is -2.21. The first-order valence-corrected chi connectivity index (χ1v) is 11.3. The highest BCUT2D eigenvalue weighted by Crippen LogP contribution is 2.25. The summed E-state index contributed by atoms with van der Waals surface area (Å²) in [6.45, 7) is 4.43. The van der Waals surface area contributed by atoms with Crippen LogP contribution in [0, 0.1) is 13.8 Å². The maximum absolute atomic E-state index is 12.4. The third kappa shape index (κ3) is 5.64. The molecule has 0 saturated carbocycles. The van der Waals surface area contributed by atoms with E-state index in [2.05, 4.69) is 16.4 Å². The van der Waals surface area contributed by atoms with E-state index in [1.165, 1.54) is 18.4 Å². The topological polar surface area (TPSA) is 72.2 Å². The second kappa shape index (κ2) is 9.82. The Morgan fingerprint density at radius 1 is 1.25 bits per heavy atom. The molecule has 1 aliphatic carbocycles. The minimum absolute atomic E-state index is 0.00888. The molecule has 0 aliphatic heterocycles. The van der Waals surface area contributed by atoms with E-state index in [4.69, 9.17) is 4.42 Å². The number of aromatic nitrogens is 1. The molecular formula is C22H28N2O3S. The smallest absolute Gasteiger partial charge is 0.232 e. The number of nitrogens with one attached hydrogen (secondary N) is 1. The van der Waals surface area contributed by atoms with Crippen LogP contribution in [0.4, 0.5) is 0 Å². The molecule has 1 heterocycles. The van der Waals surface area contributed by atoms with Crippen molar-refractivity contribution in [2.45, 2.75) is 51.7 Å². The van der Waals surface area contributed by atoms with Crippen LogP contribution in [0.1, 0.15) is 49.1 Å². The average molecular weight is 401 g/mol. The van der Waals surface area contributed by atoms with Crippen molar-refractivity contribution in [3.8, 4) is 11.5 Å². The van der Waals surface area contributed by atoms with Gasteiger partial charge in [-0.2, -0.15) is 0 Å². The number of hydrogen-bond donors (Lipinski definition) is 1. The summed E-state index contributed by atoms with van der Waals surface area (Å²) in [5.41, 5.74) is 4.08. The highest BCUT2D eigenvalue weighted by molar-refractivity contribution is 7.84. The molecule has 3 rings (SSSR count). The third-order valence-corrected chi connectivity index (χ3v) is 6.19. The SMILES string of the molecule is Cc1ccccc1-c1nc(C[S@@](=O)CC(=O)NCCC2=CCCCC2)c(C)o1. The molecule has 1 atom stereocenters. The maximum Gasteiger partial charge on any atom is 0.232 e. The molecule has 5 nitrogen and oxygen atoms in total. The van der Waals surface area contributed by atoms with Gasteiger partial charge in [-0.05, 0) is 57.6 Å². The van der Waals surface area contributed by atoms with Crippen molar-refractivity contribution in [2.24, 2.45) is 0 Å². The average Bonchev–Trinajstić information content (AvgIpc) is 3.03. The van der Waals surface area contributed by atoms with Crippen molar-refractivity contribution in [3.05, 3.63) is 52.9 Å². The van der Waals surface area contributed by atoms with E-state index in [-0.39, 0.29) is 17.4 Å². The van der Waals surface area contributed by atoms with E-state index >= 15 is 0 Å². The van der Waals surface area contributed by atoms with Crippen LogP contribution in [0.2, 0.25) is 0 Å². The number of oxazole rings is 1. The number of nitrogens with zero attached hydrogens (tertiary/aromatic N) is 1. The van der Waals surface area contributed by atoms with Crippen LogP contribution in [-0.2, 0) is 21.3 Å². The van der Waals surface area contributed by atoms with Gasteiger partial charge in [-0.15, -0.1) is 0 Å². The normalized spacial score (nSPS) is 15.1. The molecule has 0 spiro atoms. The van der Waals surface area contributed by atoms with Crippen LogP contribution in [-0.4, -0.2) is 27.4 Å². The van der Waals surface area contributed by atoms with Crippen molar-refractivity contribution in [3.63, 3.8) is 0 Å². The Bertz CT molecular complexity index is 886. The molecule has 0 bridgehead atoms. The van der Waals surface area contributed by atoms with Crippen LogP contribution in [0.25, 0.3) is 11.5 Å². The van der Waals surface area contributed by atoms with Crippen LogP contribution in [0.3, 0.4) is 0 Å². The monoisotopic (exact) mass is 400 g/mol. The molecule has 0 unspecified atom stereocenters. The van der Waals surface area contributed by atoms with Crippen LogP contribution in [0.5, 0.6) is 0 Å². The van der Waals surface area contributed by atoms with E-state index in [1.54, 1.807) is 0 Å². The molecule has 1 aliphatic rings. The fraction of sp³-hybridized carbons (Fsp3) is 0.455. The van der Waals surface area contributed by atoms with Gasteiger partial charge in [0.25, 0.3) is 0 Å². The first-order valence-electron chi connectivity index (χ1n) is 9.85. The van der Waals surface area contributed by atoms with Gasteiger partial charge in [0.05, 0.1) is 11.4 Å². The number of amides is 1. The lowest BCUT2D eigenvalue weighted by Crippen LogP contribution is -2.29. The highest BCUT2D eigenvalue weighted by Gasteiger charge is 2.17. The number of carbonyl (C=O) groups is 1. The second-order valence-electron chi connectivity index (χ2n) is 7.27. The van der Waals surface area contributed by atoms with Crippen molar-refractivity contribution < 1.29 is 13.4 Å². The lowest BCUT2D eigenvalue weighted by Gasteiger charge is -2.12. The molecule has 150 valence electrons. The van der Waals surface area contributed by atoms with E-state index in [0.29, 0.717) is 23.9 Å². The summed E-state index contributed by atoms with van der Waals surface area (Å²) in [7, 11) is -1.32. The minimum atomic E-state index is -1.32. The lowest BCUT2D eigenvalue weighted by molar-refractivity contribution is -0.118. The maximum atomic E-state index is 12.4. The summed E-state index contributed by atoms with van der Waals surface area (Å²) in [4.78, 5) is 16.6. The lowest BCUT2D eigenvalue weighted by atomic mass is 9.97. The molecule has 6 heteroatoms. The fourth-order valence-corrected chi connectivity index (χ4v) is 4.45. The van der Waals surface area contributed by atoms with Crippen molar-refractivity contribution in [1.29, 1.82) is 0 Å². The summed E-state index contributed by atoms with van der Waals surface area (Å²) in [5, 5.41) is 2.88. The molecule has 1 amide bonds. The number of rotatable bonds is 8. The van der Waals surface area contributed by atoms with Gasteiger partial charge < -0.3 is 9.73 Å². The number of hydrogen-bond acceptors (Lipinski definition) is 4. The Labute approximate surface area is 169 Å². The van der Waals surface area contributed by atoms with Crippen LogP contribution >= 0.6 is 0 Å². The van der Waals surface area contributed by atoms with Crippen molar-refractivity contribution in [1.82, 2.24) is 10.3 Å². The second-order valence-corrected chi connectivity index (χ2v) is 8.73. The van der Waals surface area contributed by atoms with Crippen molar-refractivity contribution in [2.75, 3.05) is 12.3 Å². The predicted octanol–water partition coefficient (Wildman–Crippen LogP) is 4.21. The predicted molar refractivity (Wildman–Crippen MR) is 112 cm³/mol. The number of aryl methyl sites for hydroxylation is 2. The molecule has 0 fully saturated rings. The largest absolute Gasteiger partial charge is 0.441 e. The van der Waals surface area contributed by atoms with Gasteiger partial charge in [0, 0.05) is 22.9 Å². The molecule has 0 radical (unpaired) electrons. The number of benzene rings is 1. The van der Waals surface area contributed by atoms with Gasteiger partial charge in [-0.1, -0.05) is 29.8 Å². The Kier molecular flexibility index (Phi) is 7.20. The van der Waals surface area contributed by atoms with Gasteiger partial charge in [0.1, 0.15) is 11.5 Å². The van der Waals surface area contributed by atoms with Gasteiger partial charge in [-0.25, -0.2) is 4.98 Å². The summed E-state index contributed by atoms with van der Waals surface area (Å²) in [6, 6.07) is 7.86. The Balaban J connectivity index is 1.50. The van der Waals surface area contributed by atoms with Gasteiger partial charge in [-0.3, -0.25) is 9.00 Å². The molecule has 1 aromatic heterocycles. The summed E-state index contributed by atoms with van der Waals surface area (Å²) in [6.07, 6.45) is 7.96. The zero-order valence-corrected chi connectivity index (χ0v) is 17.4. The summed E-state index contributed by atoms with van der Waals surface area (Å²) < 4.78 is 18.2. The third-order valence-electron chi connectivity index (χ3n) is 5.01. The zero-order valence-electron chi connectivity index (χ0n) is 16.6. The molecule has 1 N–H and O–H groups in total. The first-order chi connectivity index (χ1) is 13.5. The number of carbonyl (C=O) groups excluding carboxylic acids is 1. The minimum Gasteiger partial charge on any atom is -0.441 e. The van der Waals surface area contributed by atoms with E-state index in [9.17, 15) is 9.00 Å². The van der Waals surface area contributed by atoms with E-state index in [0.717, 1.165) is 30.4 Å². The van der Waals surface area contributed by atoms with Crippen molar-refractivity contribution >= 4 is 16.7 Å². The summed E-state index contributed by atoms with van der Waals surface area (Å²) in [5.74, 6) is 1.23. The first kappa shape index (κ1) is 20.5. The molecule has 2 aromatic rings.